The van der Waals surface area contributed by atoms with E-state index in [2.05, 4.69) is 5.32 Å². The zero-order chi connectivity index (χ0) is 14.7. The number of nitrogens with one attached hydrogen (secondary N) is 1. The molecular weight excluding hydrogens is 252 g/mol. The van der Waals surface area contributed by atoms with Gasteiger partial charge in [0.25, 0.3) is 0 Å². The van der Waals surface area contributed by atoms with E-state index in [-0.39, 0.29) is 5.91 Å². The fourth-order valence-corrected chi connectivity index (χ4v) is 2.05. The largest absolute Gasteiger partial charge is 0.366 e. The number of carbonyl (C=O) groups is 2. The average molecular weight is 268 g/mol. The van der Waals surface area contributed by atoms with Crippen molar-refractivity contribution in [1.29, 1.82) is 0 Å². The number of hydrogen-bond acceptors (Lipinski definition) is 2. The second kappa shape index (κ2) is 5.57. The Bertz CT molecular complexity index is 661. The Morgan fingerprint density at radius 1 is 1.05 bits per heavy atom. The van der Waals surface area contributed by atoms with Crippen molar-refractivity contribution in [3.63, 3.8) is 0 Å². The summed E-state index contributed by atoms with van der Waals surface area (Å²) in [6.45, 7) is 3.42. The van der Waals surface area contributed by atoms with Gasteiger partial charge in [0.1, 0.15) is 0 Å². The number of primary amides is 1. The molecule has 4 heteroatoms. The standard InChI is InChI=1S/C16H16N2O2/c1-10-3-8-14(16(17)20)15(9-10)12-4-6-13(7-5-12)18-11(2)19/h3-9H,1-2H3,(H2,17,20)(H,18,19). The number of nitrogens with two attached hydrogens (primary N) is 1. The van der Waals surface area contributed by atoms with Crippen LogP contribution in [0.1, 0.15) is 22.8 Å². The van der Waals surface area contributed by atoms with E-state index in [4.69, 9.17) is 5.73 Å². The van der Waals surface area contributed by atoms with Gasteiger partial charge in [-0.05, 0) is 36.2 Å². The quantitative estimate of drug-likeness (QED) is 0.898. The normalized spacial score (nSPS) is 10.1. The minimum atomic E-state index is -0.453. The van der Waals surface area contributed by atoms with E-state index in [9.17, 15) is 9.59 Å². The third kappa shape index (κ3) is 3.03. The van der Waals surface area contributed by atoms with Crippen LogP contribution in [-0.4, -0.2) is 11.8 Å². The molecular formula is C16H16N2O2. The first kappa shape index (κ1) is 13.8. The number of anilines is 1. The van der Waals surface area contributed by atoms with E-state index in [1.807, 2.05) is 31.2 Å². The highest BCUT2D eigenvalue weighted by atomic mass is 16.1. The Balaban J connectivity index is 2.43. The Hall–Kier alpha value is -2.62. The molecule has 0 aliphatic carbocycles. The maximum Gasteiger partial charge on any atom is 0.249 e. The third-order valence-electron chi connectivity index (χ3n) is 2.96. The first-order chi connectivity index (χ1) is 9.47. The van der Waals surface area contributed by atoms with Crippen LogP contribution in [0, 0.1) is 6.92 Å². The van der Waals surface area contributed by atoms with Crippen molar-refractivity contribution in [2.45, 2.75) is 13.8 Å². The molecule has 2 aromatic carbocycles. The van der Waals surface area contributed by atoms with Gasteiger partial charge in [0.2, 0.25) is 11.8 Å². The maximum atomic E-state index is 11.5. The highest BCUT2D eigenvalue weighted by molar-refractivity contribution is 6.00. The second-order valence-electron chi connectivity index (χ2n) is 4.67. The van der Waals surface area contributed by atoms with Crippen molar-refractivity contribution in [1.82, 2.24) is 0 Å². The molecule has 20 heavy (non-hydrogen) atoms. The van der Waals surface area contributed by atoms with Crippen molar-refractivity contribution < 1.29 is 9.59 Å². The molecule has 0 heterocycles. The van der Waals surface area contributed by atoms with Crippen LogP contribution >= 0.6 is 0 Å². The van der Waals surface area contributed by atoms with Crippen LogP contribution in [0.5, 0.6) is 0 Å². The molecule has 0 bridgehead atoms. The molecule has 0 aromatic heterocycles. The molecule has 4 nitrogen and oxygen atoms in total. The van der Waals surface area contributed by atoms with E-state index in [1.165, 1.54) is 6.92 Å². The number of rotatable bonds is 3. The second-order valence-corrected chi connectivity index (χ2v) is 4.67. The Morgan fingerprint density at radius 2 is 1.70 bits per heavy atom. The molecule has 0 saturated heterocycles. The third-order valence-corrected chi connectivity index (χ3v) is 2.96. The molecule has 0 aliphatic heterocycles. The summed E-state index contributed by atoms with van der Waals surface area (Å²) in [6.07, 6.45) is 0. The summed E-state index contributed by atoms with van der Waals surface area (Å²) in [4.78, 5) is 22.5. The van der Waals surface area contributed by atoms with Crippen LogP contribution in [-0.2, 0) is 4.79 Å². The van der Waals surface area contributed by atoms with Crippen LogP contribution in [0.4, 0.5) is 5.69 Å². The van der Waals surface area contributed by atoms with E-state index >= 15 is 0 Å². The molecule has 0 radical (unpaired) electrons. The fourth-order valence-electron chi connectivity index (χ4n) is 2.05. The van der Waals surface area contributed by atoms with E-state index < -0.39 is 5.91 Å². The van der Waals surface area contributed by atoms with Gasteiger partial charge in [0.15, 0.2) is 0 Å². The molecule has 0 unspecified atom stereocenters. The zero-order valence-electron chi connectivity index (χ0n) is 11.4. The summed E-state index contributed by atoms with van der Waals surface area (Å²) in [7, 11) is 0. The molecule has 0 fully saturated rings. The van der Waals surface area contributed by atoms with Gasteiger partial charge in [-0.3, -0.25) is 9.59 Å². The maximum absolute atomic E-state index is 11.5. The molecule has 0 aliphatic rings. The predicted molar refractivity (Wildman–Crippen MR) is 79.4 cm³/mol. The molecule has 2 rings (SSSR count). The Morgan fingerprint density at radius 3 is 2.25 bits per heavy atom. The van der Waals surface area contributed by atoms with Gasteiger partial charge in [-0.25, -0.2) is 0 Å². The van der Waals surface area contributed by atoms with Gasteiger partial charge in [-0.1, -0.05) is 29.8 Å². The number of aryl methyl sites for hydroxylation is 1. The van der Waals surface area contributed by atoms with E-state index in [0.717, 1.165) is 22.4 Å². The minimum absolute atomic E-state index is 0.119. The van der Waals surface area contributed by atoms with Crippen molar-refractivity contribution in [2.24, 2.45) is 5.73 Å². The molecule has 0 atom stereocenters. The smallest absolute Gasteiger partial charge is 0.249 e. The summed E-state index contributed by atoms with van der Waals surface area (Å²) in [5.74, 6) is -0.572. The van der Waals surface area contributed by atoms with Crippen molar-refractivity contribution in [2.75, 3.05) is 5.32 Å². The first-order valence-electron chi connectivity index (χ1n) is 6.26. The SMILES string of the molecule is CC(=O)Nc1ccc(-c2cc(C)ccc2C(N)=O)cc1. The molecule has 2 aromatic rings. The fraction of sp³-hybridized carbons (Fsp3) is 0.125. The van der Waals surface area contributed by atoms with Crippen LogP contribution in [0.25, 0.3) is 11.1 Å². The molecule has 102 valence electrons. The lowest BCUT2D eigenvalue weighted by Gasteiger charge is -2.09. The lowest BCUT2D eigenvalue weighted by molar-refractivity contribution is -0.114. The van der Waals surface area contributed by atoms with Gasteiger partial charge in [0.05, 0.1) is 0 Å². The first-order valence-corrected chi connectivity index (χ1v) is 6.26. The summed E-state index contributed by atoms with van der Waals surface area (Å²) in [6, 6.07) is 12.8. The topological polar surface area (TPSA) is 72.2 Å². The van der Waals surface area contributed by atoms with Gasteiger partial charge in [-0.15, -0.1) is 0 Å². The average Bonchev–Trinajstić information content (AvgIpc) is 2.38. The predicted octanol–water partition coefficient (Wildman–Crippen LogP) is 2.72. The molecule has 2 amide bonds. The number of hydrogen-bond donors (Lipinski definition) is 2. The Kier molecular flexibility index (Phi) is 3.84. The lowest BCUT2D eigenvalue weighted by atomic mass is 9.97. The molecule has 0 spiro atoms. The van der Waals surface area contributed by atoms with Crippen LogP contribution < -0.4 is 11.1 Å². The highest BCUT2D eigenvalue weighted by Crippen LogP contribution is 2.26. The van der Waals surface area contributed by atoms with Gasteiger partial charge < -0.3 is 11.1 Å². The summed E-state index contributed by atoms with van der Waals surface area (Å²) < 4.78 is 0. The highest BCUT2D eigenvalue weighted by Gasteiger charge is 2.10. The monoisotopic (exact) mass is 268 g/mol. The summed E-state index contributed by atoms with van der Waals surface area (Å²) in [5.41, 5.74) is 9.34. The minimum Gasteiger partial charge on any atom is -0.366 e. The summed E-state index contributed by atoms with van der Waals surface area (Å²) >= 11 is 0. The van der Waals surface area contributed by atoms with Crippen LogP contribution in [0.3, 0.4) is 0 Å². The van der Waals surface area contributed by atoms with Crippen LogP contribution in [0.2, 0.25) is 0 Å². The van der Waals surface area contributed by atoms with Crippen molar-refractivity contribution >= 4 is 17.5 Å². The molecule has 3 N–H and O–H groups in total. The number of benzene rings is 2. The zero-order valence-corrected chi connectivity index (χ0v) is 11.4. The van der Waals surface area contributed by atoms with Crippen molar-refractivity contribution in [3.8, 4) is 11.1 Å². The van der Waals surface area contributed by atoms with Gasteiger partial charge >= 0.3 is 0 Å². The Labute approximate surface area is 117 Å². The lowest BCUT2D eigenvalue weighted by Crippen LogP contribution is -2.12. The van der Waals surface area contributed by atoms with Gasteiger partial charge in [-0.2, -0.15) is 0 Å². The van der Waals surface area contributed by atoms with E-state index in [1.54, 1.807) is 18.2 Å². The van der Waals surface area contributed by atoms with E-state index in [0.29, 0.717) is 5.56 Å². The van der Waals surface area contributed by atoms with Gasteiger partial charge in [0, 0.05) is 18.2 Å². The molecule has 0 saturated carbocycles. The number of amides is 2. The summed E-state index contributed by atoms with van der Waals surface area (Å²) in [5, 5.41) is 2.70. The van der Waals surface area contributed by atoms with Crippen molar-refractivity contribution in [3.05, 3.63) is 53.6 Å². The number of carbonyl (C=O) groups excluding carboxylic acids is 2. The van der Waals surface area contributed by atoms with Crippen LogP contribution in [0.15, 0.2) is 42.5 Å².